The minimum absolute atomic E-state index is 1.21. The molecule has 0 fully saturated rings. The van der Waals surface area contributed by atoms with Crippen molar-refractivity contribution < 1.29 is 0 Å². The Labute approximate surface area is 321 Å². The van der Waals surface area contributed by atoms with E-state index < -0.39 is 0 Å². The summed E-state index contributed by atoms with van der Waals surface area (Å²) in [5.41, 5.74) is 0. The van der Waals surface area contributed by atoms with E-state index in [1.807, 2.05) is 0 Å². The summed E-state index contributed by atoms with van der Waals surface area (Å²) in [5.74, 6) is 0. The van der Waals surface area contributed by atoms with Crippen LogP contribution in [0.4, 0.5) is 0 Å². The van der Waals surface area contributed by atoms with Gasteiger partial charge in [0.25, 0.3) is 0 Å². The first-order valence-corrected chi connectivity index (χ1v) is 75.8. The molecular weight excluding hydrogens is 1330 g/mol. The van der Waals surface area contributed by atoms with Crippen molar-refractivity contribution in [2.75, 3.05) is 0 Å². The predicted octanol–water partition coefficient (Wildman–Crippen LogP) is 36.8. The van der Waals surface area contributed by atoms with Gasteiger partial charge in [-0.25, -0.2) is 0 Å². The van der Waals surface area contributed by atoms with E-state index in [4.69, 9.17) is 0 Å². The standard InChI is InChI=1S/HP43/c1-3-5-7-9-11-13-15-17-19-21-23-25-27-29-31-33-35-37-39-41-43-42-40-38-36-34-32-30-28-26-24-22-20-18-16-14-12-10-8-6-4-2/h1H. The molecule has 0 unspecified atom stereocenters. The van der Waals surface area contributed by atoms with Gasteiger partial charge in [-0.15, -0.1) is 0 Å². The van der Waals surface area contributed by atoms with Gasteiger partial charge >= 0.3 is 106 Å². The van der Waals surface area contributed by atoms with Crippen molar-refractivity contribution in [3.8, 4) is 0 Å². The first kappa shape index (κ1) is 56.2. The van der Waals surface area contributed by atoms with Crippen molar-refractivity contribution >= 4 is 326 Å². The van der Waals surface area contributed by atoms with Crippen LogP contribution in [0.15, 0.2) is 0 Å². The molecule has 0 radical (unpaired) electrons. The molecule has 0 saturated carbocycles. The summed E-state index contributed by atoms with van der Waals surface area (Å²) >= 11 is 0. The molecule has 0 aromatic heterocycles. The molecule has 0 spiro atoms. The van der Waals surface area contributed by atoms with Gasteiger partial charge < -0.3 is 0 Å². The second kappa shape index (κ2) is 55.2. The Balaban J connectivity index is 4.04. The fourth-order valence-electron chi connectivity index (χ4n) is 0.700. The smallest absolute Gasteiger partial charge is 0.0835 e. The van der Waals surface area contributed by atoms with E-state index in [2.05, 4.69) is 16.9 Å². The Hall–Kier alpha value is 13.2. The topological polar surface area (TPSA) is 0 Å². The van der Waals surface area contributed by atoms with E-state index in [0.717, 1.165) is 0 Å². The molecular formula is HP43. The molecule has 0 nitrogen and oxygen atoms in total. The van der Waals surface area contributed by atoms with Gasteiger partial charge in [-0.2, -0.15) is 0 Å². The van der Waals surface area contributed by atoms with Gasteiger partial charge in [-0.3, -0.25) is 0 Å². The summed E-state index contributed by atoms with van der Waals surface area (Å²) < 4.78 is 0. The van der Waals surface area contributed by atoms with Crippen LogP contribution in [0.3, 0.4) is 0 Å². The molecule has 0 aromatic rings. The van der Waals surface area contributed by atoms with E-state index in [-0.39, 0.29) is 0 Å². The van der Waals surface area contributed by atoms with Gasteiger partial charge in [0.1, 0.15) is 0 Å². The maximum absolute atomic E-state index is 4.22. The molecule has 0 aliphatic rings. The third-order valence-electron chi connectivity index (χ3n) is 1.60. The van der Waals surface area contributed by atoms with E-state index >= 15 is 0 Å². The zero-order valence-electron chi connectivity index (χ0n) is 19.3. The average Bonchev–Trinajstić information content (AvgIpc) is 3.02. The van der Waals surface area contributed by atoms with Crippen molar-refractivity contribution in [2.24, 2.45) is 0 Å². The van der Waals surface area contributed by atoms with Crippen LogP contribution in [0, 0.1) is 0 Å². The molecule has 0 amide bonds. The summed E-state index contributed by atoms with van der Waals surface area (Å²) in [4.78, 5) is 0. The predicted molar refractivity (Wildman–Crippen MR) is 299 cm³/mol. The third kappa shape index (κ3) is 55.2. The molecule has 0 aromatic carbocycles. The van der Waals surface area contributed by atoms with E-state index in [9.17, 15) is 0 Å². The second-order valence-electron chi connectivity index (χ2n) is 3.68. The summed E-state index contributed by atoms with van der Waals surface area (Å²) in [6.45, 7) is 1.21. The molecule has 0 saturated heterocycles. The first-order valence-electron chi connectivity index (χ1n) is 8.42. The fourth-order valence-corrected chi connectivity index (χ4v) is 170. The molecule has 43 heteroatoms. The molecule has 43 heavy (non-hydrogen) atoms. The first-order chi connectivity index (χ1) is 21.4. The van der Waals surface area contributed by atoms with Crippen LogP contribution in [0.1, 0.15) is 0 Å². The van der Waals surface area contributed by atoms with Gasteiger partial charge in [0.15, 0.2) is 0 Å². The van der Waals surface area contributed by atoms with Crippen LogP contribution in [-0.2, 0) is 0 Å². The van der Waals surface area contributed by atoms with E-state index in [0.29, 0.717) is 0 Å². The van der Waals surface area contributed by atoms with Gasteiger partial charge in [-0.1, -0.05) is 8.53 Å². The van der Waals surface area contributed by atoms with Crippen LogP contribution < -0.4 is 0 Å². The summed E-state index contributed by atoms with van der Waals surface area (Å²) in [5, 5.41) is 0. The van der Waals surface area contributed by atoms with Gasteiger partial charge in [0.05, 0.1) is 0 Å². The molecule has 0 rings (SSSR count). The summed E-state index contributed by atoms with van der Waals surface area (Å²) in [7, 11) is 70.8. The summed E-state index contributed by atoms with van der Waals surface area (Å²) in [6.07, 6.45) is 0. The normalized spacial score (nSPS) is 15.1. The Morgan fingerprint density at radius 3 is 0.419 bits per heavy atom. The van der Waals surface area contributed by atoms with E-state index in [1.54, 1.807) is 264 Å². The monoisotopic (exact) mass is 1330 g/mol. The van der Waals surface area contributed by atoms with Crippen LogP contribution in [0.5, 0.6) is 0 Å². The number of hydrogen-bond acceptors (Lipinski definition) is 0. The van der Waals surface area contributed by atoms with Gasteiger partial charge in [-0.05, 0) is 60.4 Å². The van der Waals surface area contributed by atoms with Crippen molar-refractivity contribution in [1.29, 1.82) is 0 Å². The number of rotatable bonds is 20. The maximum atomic E-state index is 4.22. The Morgan fingerprint density at radius 1 is 0.186 bits per heavy atom. The Bertz CT molecular complexity index is 1390. The molecule has 216 valence electrons. The molecule has 0 N–H and O–H groups in total. The average molecular weight is 1330 g/mol. The van der Waals surface area contributed by atoms with Crippen LogP contribution in [0.2, 0.25) is 0 Å². The zero-order valence-corrected chi connectivity index (χ0v) is 57.8. The SMILES string of the molecule is P#P=PP=PP=PP=PP=PP=PP=PP=PP=PP=PP=PP=PP=PP=PP=PP=PP=PP=PP=PP=PP=P. The van der Waals surface area contributed by atoms with Crippen molar-refractivity contribution in [3.05, 3.63) is 0 Å². The van der Waals surface area contributed by atoms with Crippen LogP contribution >= 0.6 is 326 Å². The van der Waals surface area contributed by atoms with Crippen molar-refractivity contribution in [3.63, 3.8) is 0 Å². The van der Waals surface area contributed by atoms with Crippen molar-refractivity contribution in [1.82, 2.24) is 0 Å². The third-order valence-corrected chi connectivity index (χ3v) is 130. The van der Waals surface area contributed by atoms with Crippen LogP contribution in [-0.4, -0.2) is 0 Å². The van der Waals surface area contributed by atoms with Gasteiger partial charge in [0, 0.05) is 151 Å². The molecule has 0 atom stereocenters. The summed E-state index contributed by atoms with van der Waals surface area (Å²) in [6, 6.07) is 0. The van der Waals surface area contributed by atoms with Gasteiger partial charge in [0.2, 0.25) is 0 Å². The second-order valence-corrected chi connectivity index (χ2v) is 99.3. The fraction of sp³-hybridized carbons (Fsp3) is 0. The minimum atomic E-state index is 1.21. The Morgan fingerprint density at radius 2 is 0.302 bits per heavy atom. The Kier molecular flexibility index (Phi) is 72.0. The molecule has 0 aliphatic heterocycles. The number of hydrogen-bond donors (Lipinski definition) is 0. The van der Waals surface area contributed by atoms with Crippen LogP contribution in [0.25, 0.3) is 0 Å². The van der Waals surface area contributed by atoms with Crippen molar-refractivity contribution in [2.45, 2.75) is 0 Å². The molecule has 0 heterocycles. The minimum Gasteiger partial charge on any atom is -0.0835 e. The molecule has 0 aliphatic carbocycles. The molecule has 0 bridgehead atoms. The quantitative estimate of drug-likeness (QED) is 0.107. The van der Waals surface area contributed by atoms with E-state index in [1.165, 1.54) is 44.8 Å². The zero-order chi connectivity index (χ0) is 31.0.